The number of rotatable bonds is 4. The van der Waals surface area contributed by atoms with Crippen LogP contribution in [0.4, 0.5) is 0 Å². The highest BCUT2D eigenvalue weighted by atomic mass is 79.9. The lowest BCUT2D eigenvalue weighted by Gasteiger charge is -1.99. The van der Waals surface area contributed by atoms with Crippen LogP contribution in [0.2, 0.25) is 0 Å². The third-order valence-electron chi connectivity index (χ3n) is 3.23. The van der Waals surface area contributed by atoms with Gasteiger partial charge < -0.3 is 9.15 Å². The topological polar surface area (TPSA) is 63.8 Å². The first-order valence-electron chi connectivity index (χ1n) is 6.93. The molecule has 1 aromatic heterocycles. The summed E-state index contributed by atoms with van der Waals surface area (Å²) < 4.78 is 12.4. The van der Waals surface area contributed by atoms with E-state index in [4.69, 9.17) is 9.15 Å². The van der Waals surface area contributed by atoms with E-state index in [1.165, 1.54) is 6.21 Å². The molecule has 1 N–H and O–H groups in total. The molecule has 0 bridgehead atoms. The maximum atomic E-state index is 12.2. The molecule has 0 aliphatic carbocycles. The fourth-order valence-electron chi connectivity index (χ4n) is 2.13. The number of carbonyl (C=O) groups is 1. The van der Waals surface area contributed by atoms with Crippen molar-refractivity contribution in [3.63, 3.8) is 0 Å². The fraction of sp³-hybridized carbons (Fsp3) is 0.0588. The number of fused-ring (bicyclic) bond motifs is 1. The Balaban J connectivity index is 1.75. The van der Waals surface area contributed by atoms with Crippen molar-refractivity contribution in [1.29, 1.82) is 0 Å². The molecule has 0 unspecified atom stereocenters. The van der Waals surface area contributed by atoms with Gasteiger partial charge in [-0.3, -0.25) is 4.79 Å². The van der Waals surface area contributed by atoms with Gasteiger partial charge in [-0.05, 0) is 51.8 Å². The van der Waals surface area contributed by atoms with Crippen molar-refractivity contribution in [3.05, 3.63) is 62.7 Å². The number of methoxy groups -OCH3 is 1. The third kappa shape index (κ3) is 3.68. The summed E-state index contributed by atoms with van der Waals surface area (Å²) >= 11 is 6.81. The van der Waals surface area contributed by atoms with E-state index < -0.39 is 5.91 Å². The van der Waals surface area contributed by atoms with E-state index >= 15 is 0 Å². The Hall–Kier alpha value is -2.12. The van der Waals surface area contributed by atoms with Gasteiger partial charge in [-0.1, -0.05) is 28.1 Å². The average molecular weight is 452 g/mol. The Kier molecular flexibility index (Phi) is 5.01. The van der Waals surface area contributed by atoms with E-state index in [1.807, 2.05) is 36.4 Å². The summed E-state index contributed by atoms with van der Waals surface area (Å²) in [5, 5.41) is 4.76. The number of amides is 1. The molecule has 122 valence electrons. The molecule has 0 radical (unpaired) electrons. The molecule has 0 aliphatic rings. The second-order valence-corrected chi connectivity index (χ2v) is 6.66. The lowest BCUT2D eigenvalue weighted by Crippen LogP contribution is -2.16. The molecule has 1 heterocycles. The van der Waals surface area contributed by atoms with Crippen molar-refractivity contribution < 1.29 is 13.9 Å². The number of halogens is 2. The molecule has 0 aliphatic heterocycles. The Labute approximate surface area is 154 Å². The first-order chi connectivity index (χ1) is 11.6. The predicted molar refractivity (Wildman–Crippen MR) is 99.7 cm³/mol. The first-order valence-corrected chi connectivity index (χ1v) is 8.51. The number of nitrogens with zero attached hydrogens (tertiary/aromatic N) is 1. The van der Waals surface area contributed by atoms with Gasteiger partial charge in [0.1, 0.15) is 11.3 Å². The SMILES string of the molecule is COc1cccc(/C=N\NC(=O)c2cc3cc(Br)cc(Br)c3o2)c1. The quantitative estimate of drug-likeness (QED) is 0.460. The van der Waals surface area contributed by atoms with E-state index in [2.05, 4.69) is 42.4 Å². The van der Waals surface area contributed by atoms with Crippen LogP contribution in [0.1, 0.15) is 16.1 Å². The van der Waals surface area contributed by atoms with Crippen LogP contribution in [-0.2, 0) is 0 Å². The van der Waals surface area contributed by atoms with Crippen LogP contribution in [0.5, 0.6) is 5.75 Å². The maximum Gasteiger partial charge on any atom is 0.307 e. The normalized spacial score (nSPS) is 11.1. The van der Waals surface area contributed by atoms with Crippen LogP contribution in [0.25, 0.3) is 11.0 Å². The number of ether oxygens (including phenoxy) is 1. The van der Waals surface area contributed by atoms with Gasteiger partial charge in [-0.2, -0.15) is 5.10 Å². The fourth-order valence-corrected chi connectivity index (χ4v) is 3.47. The van der Waals surface area contributed by atoms with Gasteiger partial charge in [-0.25, -0.2) is 5.43 Å². The van der Waals surface area contributed by atoms with Gasteiger partial charge in [-0.15, -0.1) is 0 Å². The monoisotopic (exact) mass is 450 g/mol. The molecular weight excluding hydrogens is 440 g/mol. The summed E-state index contributed by atoms with van der Waals surface area (Å²) in [6.07, 6.45) is 1.54. The molecule has 2 aromatic carbocycles. The zero-order valence-corrected chi connectivity index (χ0v) is 15.7. The molecule has 0 saturated carbocycles. The van der Waals surface area contributed by atoms with Crippen molar-refractivity contribution in [3.8, 4) is 5.75 Å². The molecule has 7 heteroatoms. The van der Waals surface area contributed by atoms with Crippen LogP contribution in [-0.4, -0.2) is 19.2 Å². The smallest absolute Gasteiger partial charge is 0.307 e. The molecule has 3 rings (SSSR count). The Morgan fingerprint density at radius 2 is 2.08 bits per heavy atom. The molecular formula is C17H12Br2N2O3. The van der Waals surface area contributed by atoms with Gasteiger partial charge in [0.15, 0.2) is 5.76 Å². The molecule has 0 fully saturated rings. The summed E-state index contributed by atoms with van der Waals surface area (Å²) in [7, 11) is 1.59. The number of hydrogen-bond acceptors (Lipinski definition) is 4. The number of carbonyl (C=O) groups excluding carboxylic acids is 1. The average Bonchev–Trinajstić information content (AvgIpc) is 2.99. The van der Waals surface area contributed by atoms with Crippen LogP contribution in [0, 0.1) is 0 Å². The third-order valence-corrected chi connectivity index (χ3v) is 4.28. The maximum absolute atomic E-state index is 12.2. The highest BCUT2D eigenvalue weighted by Gasteiger charge is 2.14. The Morgan fingerprint density at radius 3 is 2.88 bits per heavy atom. The van der Waals surface area contributed by atoms with Crippen molar-refractivity contribution in [2.45, 2.75) is 0 Å². The van der Waals surface area contributed by atoms with Gasteiger partial charge in [0.25, 0.3) is 0 Å². The highest BCUT2D eigenvalue weighted by molar-refractivity contribution is 9.11. The van der Waals surface area contributed by atoms with Crippen LogP contribution < -0.4 is 10.2 Å². The molecule has 3 aromatic rings. The standard InChI is InChI=1S/C17H12Br2N2O3/c1-23-13-4-2-3-10(5-13)9-20-21-17(22)15-7-11-6-12(18)8-14(19)16(11)24-15/h2-9H,1H3,(H,21,22)/b20-9-. The van der Waals surface area contributed by atoms with E-state index in [-0.39, 0.29) is 5.76 Å². The van der Waals surface area contributed by atoms with Crippen molar-refractivity contribution in [2.75, 3.05) is 7.11 Å². The van der Waals surface area contributed by atoms with Crippen LogP contribution in [0.3, 0.4) is 0 Å². The Bertz CT molecular complexity index is 935. The van der Waals surface area contributed by atoms with Gasteiger partial charge >= 0.3 is 5.91 Å². The van der Waals surface area contributed by atoms with E-state index in [1.54, 1.807) is 13.2 Å². The number of nitrogens with one attached hydrogen (secondary N) is 1. The second kappa shape index (κ2) is 7.19. The highest BCUT2D eigenvalue weighted by Crippen LogP contribution is 2.30. The first kappa shape index (κ1) is 16.7. The van der Waals surface area contributed by atoms with Crippen LogP contribution in [0.15, 0.2) is 60.9 Å². The number of hydrogen-bond donors (Lipinski definition) is 1. The zero-order valence-electron chi connectivity index (χ0n) is 12.5. The number of benzene rings is 2. The minimum atomic E-state index is -0.423. The summed E-state index contributed by atoms with van der Waals surface area (Å²) in [6, 6.07) is 12.7. The second-order valence-electron chi connectivity index (χ2n) is 4.89. The summed E-state index contributed by atoms with van der Waals surface area (Å²) in [4.78, 5) is 12.2. The van der Waals surface area contributed by atoms with Crippen molar-refractivity contribution in [2.24, 2.45) is 5.10 Å². The molecule has 0 saturated heterocycles. The molecule has 24 heavy (non-hydrogen) atoms. The Morgan fingerprint density at radius 1 is 1.25 bits per heavy atom. The van der Waals surface area contributed by atoms with Crippen molar-refractivity contribution in [1.82, 2.24) is 5.43 Å². The van der Waals surface area contributed by atoms with Gasteiger partial charge in [0, 0.05) is 9.86 Å². The number of hydrazone groups is 1. The van der Waals surface area contributed by atoms with E-state index in [9.17, 15) is 4.79 Å². The minimum absolute atomic E-state index is 0.187. The molecule has 1 amide bonds. The van der Waals surface area contributed by atoms with Crippen molar-refractivity contribution >= 4 is 55.0 Å². The molecule has 0 atom stereocenters. The zero-order chi connectivity index (χ0) is 17.1. The minimum Gasteiger partial charge on any atom is -0.497 e. The predicted octanol–water partition coefficient (Wildman–Crippen LogP) is 4.73. The van der Waals surface area contributed by atoms with Gasteiger partial charge in [0.05, 0.1) is 17.8 Å². The summed E-state index contributed by atoms with van der Waals surface area (Å²) in [5.41, 5.74) is 3.87. The summed E-state index contributed by atoms with van der Waals surface area (Å²) in [5.74, 6) is 0.484. The number of furan rings is 1. The van der Waals surface area contributed by atoms with E-state index in [0.717, 1.165) is 25.6 Å². The molecule has 0 spiro atoms. The summed E-state index contributed by atoms with van der Waals surface area (Å²) in [6.45, 7) is 0. The largest absolute Gasteiger partial charge is 0.497 e. The lowest BCUT2D eigenvalue weighted by molar-refractivity contribution is 0.0929. The van der Waals surface area contributed by atoms with Gasteiger partial charge in [0.2, 0.25) is 0 Å². The van der Waals surface area contributed by atoms with Crippen LogP contribution >= 0.6 is 31.9 Å². The molecule has 5 nitrogen and oxygen atoms in total. The lowest BCUT2D eigenvalue weighted by atomic mass is 10.2. The van der Waals surface area contributed by atoms with E-state index in [0.29, 0.717) is 5.58 Å².